The number of hydrogen-bond donors (Lipinski definition) is 6. The zero-order valence-electron chi connectivity index (χ0n) is 15.2. The number of aliphatic hydroxyl groups excluding tert-OH is 2. The minimum atomic E-state index is -2.38. The van der Waals surface area contributed by atoms with Gasteiger partial charge in [-0.05, 0) is 19.8 Å². The van der Waals surface area contributed by atoms with Gasteiger partial charge in [0.15, 0.2) is 16.7 Å². The molecule has 0 aromatic carbocycles. The van der Waals surface area contributed by atoms with Crippen molar-refractivity contribution < 1.29 is 48.9 Å². The lowest BCUT2D eigenvalue weighted by molar-refractivity contribution is -0.701. The molecule has 11 nitrogen and oxygen atoms in total. The SMILES string of the molecule is C=[NH+]CC(=O)C12CC[C@@]1(P(O)C(O)(C[n+]1cc[nH]c1)POC(O)[C@H](C)O)OO2. The molecule has 1 saturated carbocycles. The predicted molar refractivity (Wildman–Crippen MR) is 97.0 cm³/mol. The van der Waals surface area contributed by atoms with E-state index in [4.69, 9.17) is 14.3 Å². The van der Waals surface area contributed by atoms with Crippen LogP contribution in [0.5, 0.6) is 0 Å². The molecule has 1 saturated heterocycles. The number of Topliss-reactive ketones (excluding diaryl/α,β-unsaturated/α-hetero) is 1. The van der Waals surface area contributed by atoms with Crippen LogP contribution in [-0.2, 0) is 25.6 Å². The summed E-state index contributed by atoms with van der Waals surface area (Å²) in [7, 11) is -3.18. The van der Waals surface area contributed by atoms with E-state index in [2.05, 4.69) is 16.7 Å². The highest BCUT2D eigenvalue weighted by Crippen LogP contribution is 2.76. The Balaban J connectivity index is 1.85. The number of imidazole rings is 1. The fraction of sp³-hybridized carbons (Fsp3) is 0.667. The van der Waals surface area contributed by atoms with Gasteiger partial charge in [0.25, 0.3) is 0 Å². The molecule has 28 heavy (non-hydrogen) atoms. The third kappa shape index (κ3) is 3.45. The summed E-state index contributed by atoms with van der Waals surface area (Å²) in [5, 5.41) is 27.3. The molecule has 1 aliphatic heterocycles. The molecule has 3 rings (SSSR count). The molecule has 0 radical (unpaired) electrons. The van der Waals surface area contributed by atoms with E-state index in [1.165, 1.54) is 6.92 Å². The molecule has 13 heteroatoms. The van der Waals surface area contributed by atoms with Crippen LogP contribution in [0.15, 0.2) is 18.7 Å². The summed E-state index contributed by atoms with van der Waals surface area (Å²) in [5.74, 6) is -0.327. The molecule has 6 N–H and O–H groups in total. The zero-order chi connectivity index (χ0) is 20.6. The Hall–Kier alpha value is -0.870. The van der Waals surface area contributed by atoms with Crippen molar-refractivity contribution in [2.24, 2.45) is 0 Å². The summed E-state index contributed by atoms with van der Waals surface area (Å²) in [4.78, 5) is 39.4. The van der Waals surface area contributed by atoms with Crippen LogP contribution in [0, 0.1) is 0 Å². The van der Waals surface area contributed by atoms with Gasteiger partial charge in [-0.15, -0.1) is 0 Å². The van der Waals surface area contributed by atoms with Crippen molar-refractivity contribution in [1.82, 2.24) is 4.98 Å². The maximum absolute atomic E-state index is 12.5. The number of H-pyrrole nitrogens is 1. The maximum Gasteiger partial charge on any atom is 0.241 e. The van der Waals surface area contributed by atoms with Gasteiger partial charge in [0, 0.05) is 0 Å². The zero-order valence-corrected chi connectivity index (χ0v) is 17.1. The van der Waals surface area contributed by atoms with Crippen LogP contribution in [-0.4, -0.2) is 72.7 Å². The second-order valence-electron chi connectivity index (χ2n) is 6.89. The summed E-state index contributed by atoms with van der Waals surface area (Å²) >= 11 is 0. The number of carbonyl (C=O) groups excluding carboxylic acids is 1. The number of ketones is 1. The van der Waals surface area contributed by atoms with Crippen molar-refractivity contribution in [3.63, 3.8) is 0 Å². The Kier molecular flexibility index (Phi) is 6.32. The van der Waals surface area contributed by atoms with Crippen molar-refractivity contribution in [2.75, 3.05) is 6.54 Å². The van der Waals surface area contributed by atoms with Crippen molar-refractivity contribution in [3.8, 4) is 0 Å². The van der Waals surface area contributed by atoms with Crippen LogP contribution in [0.25, 0.3) is 0 Å². The average Bonchev–Trinajstić information content (AvgIpc) is 3.14. The Morgan fingerprint density at radius 1 is 1.54 bits per heavy atom. The first-order chi connectivity index (χ1) is 13.2. The molecule has 2 aliphatic rings. The van der Waals surface area contributed by atoms with E-state index in [0.29, 0.717) is 12.8 Å². The predicted octanol–water partition coefficient (Wildman–Crippen LogP) is -2.81. The van der Waals surface area contributed by atoms with Gasteiger partial charge in [0.05, 0.1) is 8.81 Å². The number of aromatic nitrogens is 2. The number of aliphatic hydroxyl groups is 3. The Bertz CT molecular complexity index is 710. The lowest BCUT2D eigenvalue weighted by Gasteiger charge is -2.64. The Morgan fingerprint density at radius 3 is 2.75 bits per heavy atom. The molecule has 7 atom stereocenters. The monoisotopic (exact) mass is 437 g/mol. The summed E-state index contributed by atoms with van der Waals surface area (Å²) in [5.41, 5.74) is -1.34. The molecular formula is C15H25N3O8P2+2. The van der Waals surface area contributed by atoms with Crippen LogP contribution in [0.1, 0.15) is 19.8 Å². The highest BCUT2D eigenvalue weighted by Gasteiger charge is 2.81. The molecule has 1 aromatic rings. The van der Waals surface area contributed by atoms with E-state index in [1.54, 1.807) is 23.3 Å². The second kappa shape index (κ2) is 8.10. The first kappa shape index (κ1) is 21.8. The molecule has 2 fully saturated rings. The fourth-order valence-electron chi connectivity index (χ4n) is 3.23. The molecule has 2 heterocycles. The van der Waals surface area contributed by atoms with Gasteiger partial charge >= 0.3 is 0 Å². The fourth-order valence-corrected chi connectivity index (χ4v) is 6.97. The molecule has 0 spiro atoms. The molecule has 0 bridgehead atoms. The van der Waals surface area contributed by atoms with Crippen LogP contribution < -0.4 is 9.56 Å². The van der Waals surface area contributed by atoms with Crippen LogP contribution in [0.3, 0.4) is 0 Å². The van der Waals surface area contributed by atoms with Gasteiger partial charge in [0.1, 0.15) is 39.9 Å². The molecule has 1 aliphatic carbocycles. The maximum atomic E-state index is 12.5. The van der Waals surface area contributed by atoms with Gasteiger partial charge in [-0.25, -0.2) is 19.3 Å². The molecule has 5 unspecified atom stereocenters. The minimum absolute atomic E-state index is 0.0706. The van der Waals surface area contributed by atoms with Crippen molar-refractivity contribution in [2.45, 2.75) is 54.7 Å². The standard InChI is InChI=1S/C15H23N3O8P2/c1-10(19)12(21)24-27-15(22,8-18-6-5-17-9-18)28(23)14-4-3-13(14,25-26-14)11(20)7-16-2/h5-6,9-10,12,19,21-23,27H,2-4,7-8H2,1H3/p+2/t10-,12?,13?,14-,15?,28?/m0/s1. The van der Waals surface area contributed by atoms with Crippen molar-refractivity contribution in [3.05, 3.63) is 18.7 Å². The molecule has 0 amide bonds. The van der Waals surface area contributed by atoms with Gasteiger partial charge in [0.2, 0.25) is 24.3 Å². The summed E-state index contributed by atoms with van der Waals surface area (Å²) in [6, 6.07) is 0. The van der Waals surface area contributed by atoms with Crippen LogP contribution in [0.4, 0.5) is 0 Å². The first-order valence-corrected chi connectivity index (χ1v) is 10.8. The van der Waals surface area contributed by atoms with Crippen LogP contribution >= 0.6 is 17.0 Å². The van der Waals surface area contributed by atoms with Crippen molar-refractivity contribution in [1.29, 1.82) is 0 Å². The highest BCUT2D eigenvalue weighted by atomic mass is 31.2. The van der Waals surface area contributed by atoms with Gasteiger partial charge in [-0.3, -0.25) is 9.78 Å². The number of rotatable bonds is 11. The average molecular weight is 437 g/mol. The summed E-state index contributed by atoms with van der Waals surface area (Å²) in [6.07, 6.45) is 2.80. The second-order valence-corrected chi connectivity index (χ2v) is 10.7. The van der Waals surface area contributed by atoms with E-state index in [1.807, 2.05) is 0 Å². The van der Waals surface area contributed by atoms with Gasteiger partial charge in [-0.2, -0.15) is 0 Å². The van der Waals surface area contributed by atoms with E-state index < -0.39 is 45.4 Å². The topological polar surface area (TPSA) is 159 Å². The van der Waals surface area contributed by atoms with E-state index in [9.17, 15) is 25.0 Å². The number of fused-ring (bicyclic) bond motifs is 1. The Labute approximate surface area is 164 Å². The molecule has 1 aromatic heterocycles. The lowest BCUT2D eigenvalue weighted by atomic mass is 9.71. The molecule has 156 valence electrons. The van der Waals surface area contributed by atoms with Gasteiger partial charge in [-0.1, -0.05) is 0 Å². The van der Waals surface area contributed by atoms with E-state index in [-0.39, 0.29) is 18.9 Å². The third-order valence-corrected chi connectivity index (χ3v) is 8.90. The number of hydrogen-bond acceptors (Lipinski definition) is 8. The Morgan fingerprint density at radius 2 is 2.29 bits per heavy atom. The number of nitrogens with zero attached hydrogens (tertiary/aromatic N) is 1. The largest absolute Gasteiger partial charge is 0.388 e. The minimum Gasteiger partial charge on any atom is -0.388 e. The number of aromatic amines is 1. The smallest absolute Gasteiger partial charge is 0.241 e. The van der Waals surface area contributed by atoms with Crippen LogP contribution in [0.2, 0.25) is 0 Å². The highest BCUT2D eigenvalue weighted by molar-refractivity contribution is 7.65. The summed E-state index contributed by atoms with van der Waals surface area (Å²) in [6.45, 7) is 4.60. The number of nitrogens with one attached hydrogen (secondary N) is 2. The van der Waals surface area contributed by atoms with Crippen molar-refractivity contribution >= 4 is 29.5 Å². The summed E-state index contributed by atoms with van der Waals surface area (Å²) < 4.78 is 6.80. The third-order valence-electron chi connectivity index (χ3n) is 4.96. The lowest BCUT2D eigenvalue weighted by Crippen LogP contribution is -2.82. The number of carbonyl (C=O) groups is 1. The van der Waals surface area contributed by atoms with Gasteiger partial charge < -0.3 is 24.7 Å². The molecular weight excluding hydrogens is 412 g/mol. The first-order valence-electron chi connectivity index (χ1n) is 8.63. The quantitative estimate of drug-likeness (QED) is 0.0712. The normalized spacial score (nSPS) is 31.9. The van der Waals surface area contributed by atoms with E-state index in [0.717, 1.165) is 0 Å². The van der Waals surface area contributed by atoms with E-state index >= 15 is 0 Å².